The van der Waals surface area contributed by atoms with E-state index in [1.165, 1.54) is 5.56 Å². The number of nitrogens with one attached hydrogen (secondary N) is 2. The second-order valence-corrected chi connectivity index (χ2v) is 9.72. The van der Waals surface area contributed by atoms with Crippen LogP contribution in [0.15, 0.2) is 66.9 Å². The predicted molar refractivity (Wildman–Crippen MR) is 135 cm³/mol. The first-order chi connectivity index (χ1) is 17.5. The molecular formula is C28H27N5O3. The van der Waals surface area contributed by atoms with E-state index in [2.05, 4.69) is 38.7 Å². The van der Waals surface area contributed by atoms with Gasteiger partial charge < -0.3 is 10.2 Å². The summed E-state index contributed by atoms with van der Waals surface area (Å²) < 4.78 is 0. The van der Waals surface area contributed by atoms with Crippen LogP contribution in [0.1, 0.15) is 34.3 Å². The van der Waals surface area contributed by atoms with E-state index in [-0.39, 0.29) is 18.2 Å². The summed E-state index contributed by atoms with van der Waals surface area (Å²) in [4.78, 5) is 45.3. The number of imide groups is 1. The van der Waals surface area contributed by atoms with Gasteiger partial charge in [0.15, 0.2) is 0 Å². The molecule has 3 aromatic rings. The second kappa shape index (κ2) is 9.20. The van der Waals surface area contributed by atoms with Crippen molar-refractivity contribution < 1.29 is 14.4 Å². The van der Waals surface area contributed by atoms with Gasteiger partial charge in [-0.25, -0.2) is 0 Å². The number of aromatic nitrogens is 1. The van der Waals surface area contributed by atoms with Crippen molar-refractivity contribution in [2.75, 3.05) is 18.4 Å². The lowest BCUT2D eigenvalue weighted by molar-refractivity contribution is -0.136. The number of amides is 3. The third-order valence-electron chi connectivity index (χ3n) is 7.15. The van der Waals surface area contributed by atoms with E-state index in [1.54, 1.807) is 4.90 Å². The van der Waals surface area contributed by atoms with Crippen LogP contribution in [-0.2, 0) is 22.7 Å². The number of hydrogen-bond acceptors (Lipinski definition) is 6. The topological polar surface area (TPSA) is 94.6 Å². The summed E-state index contributed by atoms with van der Waals surface area (Å²) in [5.41, 5.74) is 5.64. The molecule has 2 saturated heterocycles. The Bertz CT molecular complexity index is 1340. The fourth-order valence-electron chi connectivity index (χ4n) is 5.28. The molecule has 3 aliphatic heterocycles. The summed E-state index contributed by atoms with van der Waals surface area (Å²) in [6, 6.07) is 20.0. The highest BCUT2D eigenvalue weighted by Gasteiger charge is 2.39. The maximum absolute atomic E-state index is 13.0. The number of carbonyl (C=O) groups is 3. The molecule has 1 atom stereocenters. The molecule has 36 heavy (non-hydrogen) atoms. The third-order valence-corrected chi connectivity index (χ3v) is 7.15. The van der Waals surface area contributed by atoms with Crippen molar-refractivity contribution >= 4 is 23.4 Å². The number of fused-ring (bicyclic) bond motifs is 1. The van der Waals surface area contributed by atoms with Crippen LogP contribution in [-0.4, -0.2) is 57.7 Å². The van der Waals surface area contributed by atoms with Gasteiger partial charge in [0.25, 0.3) is 5.91 Å². The molecule has 0 aliphatic carbocycles. The van der Waals surface area contributed by atoms with Crippen LogP contribution in [0.2, 0.25) is 0 Å². The van der Waals surface area contributed by atoms with Crippen LogP contribution in [0.25, 0.3) is 11.3 Å². The quantitative estimate of drug-likeness (QED) is 0.526. The fourth-order valence-corrected chi connectivity index (χ4v) is 5.28. The van der Waals surface area contributed by atoms with Crippen LogP contribution in [0.4, 0.5) is 5.69 Å². The molecule has 2 fully saturated rings. The lowest BCUT2D eigenvalue weighted by atomic mass is 10.0. The summed E-state index contributed by atoms with van der Waals surface area (Å²) in [5, 5.41) is 5.91. The van der Waals surface area contributed by atoms with Crippen LogP contribution >= 0.6 is 0 Å². The van der Waals surface area contributed by atoms with E-state index >= 15 is 0 Å². The molecule has 3 aliphatic rings. The van der Waals surface area contributed by atoms with Gasteiger partial charge in [-0.1, -0.05) is 24.3 Å². The van der Waals surface area contributed by atoms with Gasteiger partial charge in [-0.3, -0.25) is 29.6 Å². The van der Waals surface area contributed by atoms with E-state index in [4.69, 9.17) is 0 Å². The van der Waals surface area contributed by atoms with Crippen molar-refractivity contribution in [3.05, 3.63) is 83.6 Å². The average Bonchev–Trinajstić information content (AvgIpc) is 3.19. The van der Waals surface area contributed by atoms with E-state index in [9.17, 15) is 14.4 Å². The highest BCUT2D eigenvalue weighted by Crippen LogP contribution is 2.31. The number of pyridine rings is 1. The molecule has 0 spiro atoms. The lowest BCUT2D eigenvalue weighted by Gasteiger charge is -2.40. The first-order valence-corrected chi connectivity index (χ1v) is 12.3. The molecule has 2 N–H and O–H groups in total. The van der Waals surface area contributed by atoms with Crippen molar-refractivity contribution in [3.63, 3.8) is 0 Å². The van der Waals surface area contributed by atoms with Crippen LogP contribution < -0.4 is 10.6 Å². The minimum absolute atomic E-state index is 0.163. The molecule has 1 unspecified atom stereocenters. The fraction of sp³-hybridized carbons (Fsp3) is 0.286. The summed E-state index contributed by atoms with van der Waals surface area (Å²) in [6.07, 6.45) is 2.44. The Morgan fingerprint density at radius 3 is 2.64 bits per heavy atom. The molecule has 6 rings (SSSR count). The molecular weight excluding hydrogens is 454 g/mol. The first kappa shape index (κ1) is 22.4. The molecule has 8 heteroatoms. The number of rotatable bonds is 6. The molecule has 1 aromatic heterocycles. The number of nitrogens with zero attached hydrogens (tertiary/aromatic N) is 3. The Kier molecular flexibility index (Phi) is 5.73. The van der Waals surface area contributed by atoms with Gasteiger partial charge in [0.05, 0.1) is 11.7 Å². The molecule has 182 valence electrons. The maximum Gasteiger partial charge on any atom is 0.255 e. The SMILES string of the molecule is O=C1CCC(N2Cc3cc(-c4cc(CN5CC(Nc6ccccc6)C5)ccn4)ccc3C2=O)C(=O)N1. The Balaban J connectivity index is 1.11. The normalized spacial score (nSPS) is 20.2. The number of hydrogen-bond donors (Lipinski definition) is 2. The van der Waals surface area contributed by atoms with Crippen molar-refractivity contribution in [3.8, 4) is 11.3 Å². The van der Waals surface area contributed by atoms with E-state index in [1.807, 2.05) is 48.7 Å². The maximum atomic E-state index is 13.0. The van der Waals surface area contributed by atoms with Gasteiger partial charge in [-0.05, 0) is 53.9 Å². The number of anilines is 1. The molecule has 3 amide bonds. The minimum atomic E-state index is -0.607. The molecule has 8 nitrogen and oxygen atoms in total. The molecule has 2 aromatic carbocycles. The summed E-state index contributed by atoms with van der Waals surface area (Å²) in [7, 11) is 0. The van der Waals surface area contributed by atoms with Crippen molar-refractivity contribution in [2.24, 2.45) is 0 Å². The Morgan fingerprint density at radius 1 is 1.00 bits per heavy atom. The van der Waals surface area contributed by atoms with Crippen molar-refractivity contribution in [2.45, 2.75) is 38.0 Å². The van der Waals surface area contributed by atoms with Crippen molar-refractivity contribution in [1.82, 2.24) is 20.1 Å². The molecule has 0 radical (unpaired) electrons. The van der Waals surface area contributed by atoms with Gasteiger partial charge >= 0.3 is 0 Å². The van der Waals surface area contributed by atoms with Crippen molar-refractivity contribution in [1.29, 1.82) is 0 Å². The molecule has 4 heterocycles. The Labute approximate surface area is 209 Å². The third kappa shape index (κ3) is 4.35. The zero-order valence-corrected chi connectivity index (χ0v) is 19.8. The average molecular weight is 482 g/mol. The number of likely N-dealkylation sites (tertiary alicyclic amines) is 1. The Morgan fingerprint density at radius 2 is 1.83 bits per heavy atom. The monoisotopic (exact) mass is 481 g/mol. The molecule has 0 bridgehead atoms. The Hall–Kier alpha value is -4.04. The lowest BCUT2D eigenvalue weighted by Crippen LogP contribution is -2.53. The van der Waals surface area contributed by atoms with Crippen LogP contribution in [0.5, 0.6) is 0 Å². The predicted octanol–water partition coefficient (Wildman–Crippen LogP) is 2.81. The zero-order valence-electron chi connectivity index (χ0n) is 19.8. The van der Waals surface area contributed by atoms with Gasteiger partial charge in [-0.15, -0.1) is 0 Å². The van der Waals surface area contributed by atoms with Gasteiger partial charge in [0, 0.05) is 55.6 Å². The number of piperidine rings is 1. The number of para-hydroxylation sites is 1. The van der Waals surface area contributed by atoms with Crippen LogP contribution in [0.3, 0.4) is 0 Å². The minimum Gasteiger partial charge on any atom is -0.380 e. The number of benzene rings is 2. The van der Waals surface area contributed by atoms with E-state index in [0.717, 1.165) is 42.1 Å². The van der Waals surface area contributed by atoms with Gasteiger partial charge in [0.2, 0.25) is 11.8 Å². The van der Waals surface area contributed by atoms with Gasteiger partial charge in [0.1, 0.15) is 6.04 Å². The van der Waals surface area contributed by atoms with E-state index < -0.39 is 11.9 Å². The number of carbonyl (C=O) groups excluding carboxylic acids is 3. The zero-order chi connectivity index (χ0) is 24.6. The molecule has 0 saturated carbocycles. The summed E-state index contributed by atoms with van der Waals surface area (Å²) >= 11 is 0. The second-order valence-electron chi connectivity index (χ2n) is 9.72. The summed E-state index contributed by atoms with van der Waals surface area (Å²) in [6.45, 7) is 3.19. The van der Waals surface area contributed by atoms with Crippen LogP contribution in [0, 0.1) is 0 Å². The standard InChI is InChI=1S/C28H27N5O3/c34-26-9-8-25(27(35)31-26)33-15-20-13-19(6-7-23(20)28(33)36)24-12-18(10-11-29-24)14-32-16-22(17-32)30-21-4-2-1-3-5-21/h1-7,10-13,22,25,30H,8-9,14-17H2,(H,31,34,35). The largest absolute Gasteiger partial charge is 0.380 e. The first-order valence-electron chi connectivity index (χ1n) is 12.3. The van der Waals surface area contributed by atoms with Gasteiger partial charge in [-0.2, -0.15) is 0 Å². The highest BCUT2D eigenvalue weighted by molar-refractivity contribution is 6.05. The smallest absolute Gasteiger partial charge is 0.255 e. The summed E-state index contributed by atoms with van der Waals surface area (Å²) in [5.74, 6) is -0.840. The van der Waals surface area contributed by atoms with E-state index in [0.29, 0.717) is 24.6 Å². The highest BCUT2D eigenvalue weighted by atomic mass is 16.2.